The fourth-order valence-corrected chi connectivity index (χ4v) is 2.88. The molecule has 1 atom stereocenters. The molecule has 3 aromatic rings. The fraction of sp³-hybridized carbons (Fsp3) is 0.208. The maximum atomic E-state index is 12.3. The quantitative estimate of drug-likeness (QED) is 0.295. The number of ether oxygens (including phenoxy) is 1. The normalized spacial score (nSPS) is 13.3. The maximum absolute atomic E-state index is 12.3. The third-order valence-corrected chi connectivity index (χ3v) is 4.48. The molecule has 3 rings (SSSR count). The van der Waals surface area contributed by atoms with Crippen LogP contribution in [0.1, 0.15) is 37.3 Å². The molecule has 6 heteroatoms. The van der Waals surface area contributed by atoms with E-state index >= 15 is 0 Å². The zero-order valence-corrected chi connectivity index (χ0v) is 16.8. The first-order chi connectivity index (χ1) is 14.6. The topological polar surface area (TPSA) is 81.0 Å². The molecule has 6 nitrogen and oxygen atoms in total. The van der Waals surface area contributed by atoms with Crippen molar-refractivity contribution in [3.8, 4) is 5.75 Å². The number of carbonyl (C=O) groups is 1. The SMILES string of the molecule is CCCCC(ON=C(c1ccccc1)c1cccnc1)(Oc1ccccc1)C(=O)O. The van der Waals surface area contributed by atoms with E-state index in [9.17, 15) is 9.90 Å². The Morgan fingerprint density at radius 3 is 2.27 bits per heavy atom. The smallest absolute Gasteiger partial charge is 0.392 e. The second-order valence-electron chi connectivity index (χ2n) is 6.72. The molecule has 0 bridgehead atoms. The molecule has 154 valence electrons. The Bertz CT molecular complexity index is 921. The largest absolute Gasteiger partial charge is 0.475 e. The lowest BCUT2D eigenvalue weighted by Crippen LogP contribution is -2.46. The Labute approximate surface area is 175 Å². The minimum Gasteiger partial charge on any atom is -0.475 e. The Hall–Kier alpha value is -3.67. The summed E-state index contributed by atoms with van der Waals surface area (Å²) in [5.41, 5.74) is 1.96. The van der Waals surface area contributed by atoms with Gasteiger partial charge in [-0.15, -0.1) is 0 Å². The molecule has 1 heterocycles. The molecule has 0 fully saturated rings. The number of aromatic nitrogens is 1. The van der Waals surface area contributed by atoms with Crippen LogP contribution in [-0.2, 0) is 9.63 Å². The van der Waals surface area contributed by atoms with Gasteiger partial charge in [0, 0.05) is 29.9 Å². The first kappa shape index (κ1) is 21.0. The maximum Gasteiger partial charge on any atom is 0.392 e. The number of carboxylic acid groups (broad SMARTS) is 1. The number of hydrogen-bond donors (Lipinski definition) is 1. The Morgan fingerprint density at radius 1 is 1.00 bits per heavy atom. The highest BCUT2D eigenvalue weighted by molar-refractivity contribution is 6.12. The summed E-state index contributed by atoms with van der Waals surface area (Å²) in [5.74, 6) is -2.78. The third kappa shape index (κ3) is 5.23. The monoisotopic (exact) mass is 404 g/mol. The van der Waals surface area contributed by atoms with Crippen LogP contribution in [0.3, 0.4) is 0 Å². The van der Waals surface area contributed by atoms with E-state index in [1.165, 1.54) is 0 Å². The molecule has 0 aliphatic carbocycles. The first-order valence-electron chi connectivity index (χ1n) is 9.84. The second kappa shape index (κ2) is 10.2. The van der Waals surface area contributed by atoms with Crippen molar-refractivity contribution in [2.45, 2.75) is 32.0 Å². The molecular formula is C24H24N2O4. The van der Waals surface area contributed by atoms with Gasteiger partial charge in [0.2, 0.25) is 0 Å². The van der Waals surface area contributed by atoms with Crippen molar-refractivity contribution in [3.63, 3.8) is 0 Å². The van der Waals surface area contributed by atoms with Gasteiger partial charge in [0.1, 0.15) is 11.5 Å². The summed E-state index contributed by atoms with van der Waals surface area (Å²) in [4.78, 5) is 22.1. The number of unbranched alkanes of at least 4 members (excludes halogenated alkanes) is 1. The van der Waals surface area contributed by atoms with E-state index in [4.69, 9.17) is 9.57 Å². The zero-order valence-electron chi connectivity index (χ0n) is 16.8. The standard InChI is InChI=1S/C24H24N2O4/c1-2-3-16-24(23(27)28,29-21-14-8-5-9-15-21)30-26-22(19-11-6-4-7-12-19)20-13-10-17-25-18-20/h4-15,17-18H,2-3,16H2,1H3,(H,27,28). The zero-order chi connectivity index (χ0) is 21.2. The molecule has 1 N–H and O–H groups in total. The third-order valence-electron chi connectivity index (χ3n) is 4.48. The number of rotatable bonds is 10. The van der Waals surface area contributed by atoms with Gasteiger partial charge in [-0.25, -0.2) is 4.79 Å². The number of benzene rings is 2. The molecule has 0 saturated heterocycles. The number of nitrogens with zero attached hydrogens (tertiary/aromatic N) is 2. The molecule has 0 saturated carbocycles. The molecule has 0 amide bonds. The van der Waals surface area contributed by atoms with Gasteiger partial charge in [-0.1, -0.05) is 67.0 Å². The fourth-order valence-electron chi connectivity index (χ4n) is 2.88. The molecular weight excluding hydrogens is 380 g/mol. The minimum absolute atomic E-state index is 0.145. The number of carboxylic acids is 1. The minimum atomic E-state index is -1.94. The van der Waals surface area contributed by atoms with Crippen LogP contribution >= 0.6 is 0 Å². The molecule has 30 heavy (non-hydrogen) atoms. The highest BCUT2D eigenvalue weighted by atomic mass is 16.8. The lowest BCUT2D eigenvalue weighted by atomic mass is 10.0. The predicted octanol–water partition coefficient (Wildman–Crippen LogP) is 4.90. The van der Waals surface area contributed by atoms with Crippen molar-refractivity contribution in [1.29, 1.82) is 0 Å². The first-order valence-corrected chi connectivity index (χ1v) is 9.84. The Morgan fingerprint density at radius 2 is 1.67 bits per heavy atom. The molecule has 0 aliphatic heterocycles. The summed E-state index contributed by atoms with van der Waals surface area (Å²) in [6.07, 6.45) is 4.85. The highest BCUT2D eigenvalue weighted by Crippen LogP contribution is 2.27. The van der Waals surface area contributed by atoms with Gasteiger partial charge in [0.05, 0.1) is 0 Å². The van der Waals surface area contributed by atoms with E-state index in [2.05, 4.69) is 10.1 Å². The Kier molecular flexibility index (Phi) is 7.16. The van der Waals surface area contributed by atoms with Crippen LogP contribution in [0.5, 0.6) is 5.75 Å². The van der Waals surface area contributed by atoms with E-state index in [0.717, 1.165) is 12.0 Å². The summed E-state index contributed by atoms with van der Waals surface area (Å²) in [5, 5.41) is 14.3. The van der Waals surface area contributed by atoms with E-state index in [1.54, 1.807) is 42.7 Å². The van der Waals surface area contributed by atoms with Gasteiger partial charge in [-0.3, -0.25) is 4.98 Å². The highest BCUT2D eigenvalue weighted by Gasteiger charge is 2.44. The van der Waals surface area contributed by atoms with Gasteiger partial charge in [-0.05, 0) is 30.7 Å². The molecule has 2 aromatic carbocycles. The summed E-state index contributed by atoms with van der Waals surface area (Å²) in [7, 11) is 0. The number of hydrogen-bond acceptors (Lipinski definition) is 5. The van der Waals surface area contributed by atoms with Gasteiger partial charge < -0.3 is 14.7 Å². The summed E-state index contributed by atoms with van der Waals surface area (Å²) in [6.45, 7) is 1.98. The van der Waals surface area contributed by atoms with Crippen LogP contribution in [0.25, 0.3) is 0 Å². The number of para-hydroxylation sites is 1. The predicted molar refractivity (Wildman–Crippen MR) is 114 cm³/mol. The summed E-state index contributed by atoms with van der Waals surface area (Å²) >= 11 is 0. The van der Waals surface area contributed by atoms with Gasteiger partial charge in [0.15, 0.2) is 0 Å². The van der Waals surface area contributed by atoms with Gasteiger partial charge >= 0.3 is 11.8 Å². The van der Waals surface area contributed by atoms with Crippen molar-refractivity contribution in [2.24, 2.45) is 5.16 Å². The van der Waals surface area contributed by atoms with Crippen LogP contribution in [-0.4, -0.2) is 27.6 Å². The molecule has 0 spiro atoms. The van der Waals surface area contributed by atoms with E-state index < -0.39 is 11.8 Å². The summed E-state index contributed by atoms with van der Waals surface area (Å²) < 4.78 is 5.84. The molecule has 1 unspecified atom stereocenters. The lowest BCUT2D eigenvalue weighted by molar-refractivity contribution is -0.215. The molecule has 0 aliphatic rings. The van der Waals surface area contributed by atoms with Crippen molar-refractivity contribution in [1.82, 2.24) is 4.98 Å². The van der Waals surface area contributed by atoms with Crippen LogP contribution in [0.2, 0.25) is 0 Å². The van der Waals surface area contributed by atoms with E-state index in [0.29, 0.717) is 23.4 Å². The van der Waals surface area contributed by atoms with Crippen LogP contribution < -0.4 is 4.74 Å². The van der Waals surface area contributed by atoms with Gasteiger partial charge in [0.25, 0.3) is 0 Å². The van der Waals surface area contributed by atoms with Crippen molar-refractivity contribution >= 4 is 11.7 Å². The van der Waals surface area contributed by atoms with Crippen molar-refractivity contribution in [2.75, 3.05) is 0 Å². The average Bonchev–Trinajstić information content (AvgIpc) is 2.79. The van der Waals surface area contributed by atoms with Crippen molar-refractivity contribution in [3.05, 3.63) is 96.3 Å². The van der Waals surface area contributed by atoms with Crippen LogP contribution in [0, 0.1) is 0 Å². The Balaban J connectivity index is 2.01. The van der Waals surface area contributed by atoms with Crippen LogP contribution in [0.15, 0.2) is 90.3 Å². The second-order valence-corrected chi connectivity index (χ2v) is 6.72. The van der Waals surface area contributed by atoms with E-state index in [-0.39, 0.29) is 6.42 Å². The number of oxime groups is 1. The van der Waals surface area contributed by atoms with E-state index in [1.807, 2.05) is 49.4 Å². The molecule has 0 radical (unpaired) electrons. The lowest BCUT2D eigenvalue weighted by Gasteiger charge is -2.28. The number of aliphatic carboxylic acids is 1. The van der Waals surface area contributed by atoms with Crippen molar-refractivity contribution < 1.29 is 19.5 Å². The molecule has 1 aromatic heterocycles. The van der Waals surface area contributed by atoms with Crippen LogP contribution in [0.4, 0.5) is 0 Å². The average molecular weight is 404 g/mol. The number of pyridine rings is 1. The summed E-state index contributed by atoms with van der Waals surface area (Å²) in [6, 6.07) is 21.8. The van der Waals surface area contributed by atoms with Gasteiger partial charge in [-0.2, -0.15) is 0 Å².